The van der Waals surface area contributed by atoms with E-state index in [9.17, 15) is 15.8 Å². The average Bonchev–Trinajstić information content (AvgIpc) is 2.76. The maximum absolute atomic E-state index is 9.31. The van der Waals surface area contributed by atoms with Gasteiger partial charge in [0.25, 0.3) is 11.6 Å². The van der Waals surface area contributed by atoms with E-state index in [-0.39, 0.29) is 61.8 Å². The normalized spacial score (nSPS) is 10.1. The molecule has 1 aromatic carbocycles. The molecule has 0 unspecified atom stereocenters. The van der Waals surface area contributed by atoms with Gasteiger partial charge < -0.3 is 9.69 Å². The zero-order chi connectivity index (χ0) is 20.7. The Bertz CT molecular complexity index is 1570. The second-order valence-electron chi connectivity index (χ2n) is 5.60. The first-order chi connectivity index (χ1) is 14.1. The van der Waals surface area contributed by atoms with Crippen molar-refractivity contribution in [1.29, 1.82) is 15.8 Å². The van der Waals surface area contributed by atoms with Gasteiger partial charge in [-0.1, -0.05) is 13.1 Å². The van der Waals surface area contributed by atoms with Crippen LogP contribution in [0, 0.1) is 54.1 Å². The summed E-state index contributed by atoms with van der Waals surface area (Å²) in [7, 11) is 0. The van der Waals surface area contributed by atoms with Gasteiger partial charge in [0.05, 0.1) is 5.69 Å². The number of hydrogen-bond acceptors (Lipinski definition) is 9. The SMILES string of the molecule is [C-]#[N+]c1nc2c3nc(C#N)c(C)nc3c3nc(C#N)c(C#N)nc3c2nc1[N+]#[C-]. The molecule has 0 saturated carbocycles. The summed E-state index contributed by atoms with van der Waals surface area (Å²) in [6.07, 6.45) is 0. The Hall–Kier alpha value is -5.31. The molecule has 0 aliphatic rings. The molecule has 0 radical (unpaired) electrons. The van der Waals surface area contributed by atoms with Crippen LogP contribution in [0.3, 0.4) is 0 Å². The van der Waals surface area contributed by atoms with Crippen molar-refractivity contribution in [2.24, 2.45) is 0 Å². The van der Waals surface area contributed by atoms with Gasteiger partial charge in [-0.05, 0) is 6.92 Å². The second-order valence-corrected chi connectivity index (χ2v) is 5.60. The molecular weight excluding hydrogens is 370 g/mol. The monoisotopic (exact) mass is 373 g/mol. The van der Waals surface area contributed by atoms with E-state index in [1.165, 1.54) is 0 Å². The lowest BCUT2D eigenvalue weighted by molar-refractivity contribution is 1.14. The Kier molecular flexibility index (Phi) is 3.63. The summed E-state index contributed by atoms with van der Waals surface area (Å²) >= 11 is 0. The largest absolute Gasteiger partial charge is 0.370 e. The van der Waals surface area contributed by atoms with Gasteiger partial charge in [0.15, 0.2) is 17.1 Å². The molecule has 0 fully saturated rings. The number of aromatic nitrogens is 6. The van der Waals surface area contributed by atoms with Crippen molar-refractivity contribution in [1.82, 2.24) is 29.9 Å². The molecule has 0 aliphatic heterocycles. The maximum atomic E-state index is 9.31. The lowest BCUT2D eigenvalue weighted by Gasteiger charge is -2.06. The Morgan fingerprint density at radius 1 is 0.586 bits per heavy atom. The topological polar surface area (TPSA) is 157 Å². The minimum Gasteiger partial charge on any atom is -0.370 e. The fraction of sp³-hybridized carbons (Fsp3) is 0.0556. The van der Waals surface area contributed by atoms with E-state index in [4.69, 9.17) is 13.1 Å². The third-order valence-electron chi connectivity index (χ3n) is 4.03. The molecule has 130 valence electrons. The van der Waals surface area contributed by atoms with Crippen molar-refractivity contribution < 1.29 is 0 Å². The summed E-state index contributed by atoms with van der Waals surface area (Å²) in [6, 6.07) is 5.54. The highest BCUT2D eigenvalue weighted by Gasteiger charge is 2.25. The lowest BCUT2D eigenvalue weighted by atomic mass is 10.1. The Balaban J connectivity index is 2.41. The number of hydrogen-bond donors (Lipinski definition) is 0. The third-order valence-corrected chi connectivity index (χ3v) is 4.03. The molecule has 4 aromatic rings. The smallest absolute Gasteiger partial charge is 0.294 e. The van der Waals surface area contributed by atoms with Crippen LogP contribution < -0.4 is 0 Å². The van der Waals surface area contributed by atoms with Crippen LogP contribution in [0.1, 0.15) is 22.8 Å². The summed E-state index contributed by atoms with van der Waals surface area (Å²) in [5.74, 6) is -0.491. The van der Waals surface area contributed by atoms with Crippen LogP contribution in [-0.4, -0.2) is 29.9 Å². The van der Waals surface area contributed by atoms with Crippen LogP contribution >= 0.6 is 0 Å². The molecule has 11 nitrogen and oxygen atoms in total. The summed E-state index contributed by atoms with van der Waals surface area (Å²) in [5, 5.41) is 27.9. The fourth-order valence-electron chi connectivity index (χ4n) is 2.77. The van der Waals surface area contributed by atoms with Crippen LogP contribution in [0.25, 0.3) is 42.8 Å². The van der Waals surface area contributed by atoms with E-state index >= 15 is 0 Å². The number of nitrogens with zero attached hydrogens (tertiary/aromatic N) is 11. The predicted molar refractivity (Wildman–Crippen MR) is 97.1 cm³/mol. The van der Waals surface area contributed by atoms with Crippen LogP contribution in [0.4, 0.5) is 11.6 Å². The molecule has 3 heterocycles. The molecule has 11 heteroatoms. The van der Waals surface area contributed by atoms with E-state index in [0.29, 0.717) is 5.69 Å². The third kappa shape index (κ3) is 2.32. The second kappa shape index (κ2) is 6.14. The summed E-state index contributed by atoms with van der Waals surface area (Å²) in [5.41, 5.74) is 0.644. The van der Waals surface area contributed by atoms with Crippen molar-refractivity contribution >= 4 is 44.7 Å². The van der Waals surface area contributed by atoms with Crippen LogP contribution in [0.2, 0.25) is 0 Å². The Labute approximate surface area is 161 Å². The highest BCUT2D eigenvalue weighted by atomic mass is 15.0. The molecule has 29 heavy (non-hydrogen) atoms. The first-order valence-corrected chi connectivity index (χ1v) is 7.75. The summed E-state index contributed by atoms with van der Waals surface area (Å²) < 4.78 is 0. The van der Waals surface area contributed by atoms with Gasteiger partial charge in [0.1, 0.15) is 40.3 Å². The minimum atomic E-state index is -0.251. The number of rotatable bonds is 0. The highest BCUT2D eigenvalue weighted by Crippen LogP contribution is 2.34. The Morgan fingerprint density at radius 2 is 0.931 bits per heavy atom. The van der Waals surface area contributed by atoms with Crippen LogP contribution in [0.15, 0.2) is 0 Å². The van der Waals surface area contributed by atoms with E-state index in [2.05, 4.69) is 39.6 Å². The molecular formula is C18H3N11. The minimum absolute atomic E-state index is 0.0423. The predicted octanol–water partition coefficient (Wildman–Crippen LogP) is 2.54. The van der Waals surface area contributed by atoms with Gasteiger partial charge in [0, 0.05) is 0 Å². The van der Waals surface area contributed by atoms with E-state index in [1.54, 1.807) is 13.0 Å². The van der Waals surface area contributed by atoms with Crippen LogP contribution in [-0.2, 0) is 0 Å². The molecule has 0 aliphatic carbocycles. The maximum Gasteiger partial charge on any atom is 0.294 e. The van der Waals surface area contributed by atoms with Crippen molar-refractivity contribution in [3.8, 4) is 18.2 Å². The van der Waals surface area contributed by atoms with Crippen LogP contribution in [0.5, 0.6) is 0 Å². The first-order valence-electron chi connectivity index (χ1n) is 7.75. The highest BCUT2D eigenvalue weighted by molar-refractivity contribution is 6.18. The molecule has 0 bridgehead atoms. The van der Waals surface area contributed by atoms with Gasteiger partial charge in [-0.15, -0.1) is 9.97 Å². The average molecular weight is 373 g/mol. The van der Waals surface area contributed by atoms with Crippen molar-refractivity contribution in [3.63, 3.8) is 0 Å². The van der Waals surface area contributed by atoms with E-state index in [0.717, 1.165) is 0 Å². The molecule has 4 rings (SSSR count). The zero-order valence-corrected chi connectivity index (χ0v) is 14.4. The number of nitriles is 3. The number of benzene rings is 1. The van der Waals surface area contributed by atoms with Crippen molar-refractivity contribution in [2.75, 3.05) is 0 Å². The Morgan fingerprint density at radius 3 is 1.31 bits per heavy atom. The fourth-order valence-corrected chi connectivity index (χ4v) is 2.77. The zero-order valence-electron chi connectivity index (χ0n) is 14.4. The molecule has 0 atom stereocenters. The standard InChI is InChI=1S/C18H3N11/c1-7-8(4-19)25-13-11(24-7)12-14(27-10(6-21)9(5-20)26-12)16-15(13)28-17(22-2)18(23-3)29-16/h1H3. The number of fused-ring (bicyclic) bond motifs is 6. The quantitative estimate of drug-likeness (QED) is 0.333. The molecule has 3 aromatic heterocycles. The summed E-state index contributed by atoms with van der Waals surface area (Å²) in [4.78, 5) is 31.8. The van der Waals surface area contributed by atoms with Gasteiger partial charge in [-0.2, -0.15) is 15.8 Å². The van der Waals surface area contributed by atoms with Crippen molar-refractivity contribution in [3.05, 3.63) is 45.6 Å². The van der Waals surface area contributed by atoms with E-state index in [1.807, 2.05) is 12.1 Å². The molecule has 0 N–H and O–H groups in total. The van der Waals surface area contributed by atoms with Crippen molar-refractivity contribution in [2.45, 2.75) is 6.92 Å². The molecule has 0 amide bonds. The summed E-state index contributed by atoms with van der Waals surface area (Å²) in [6.45, 7) is 16.1. The molecule has 0 spiro atoms. The van der Waals surface area contributed by atoms with Gasteiger partial charge in [0.2, 0.25) is 11.0 Å². The number of aryl methyl sites for hydroxylation is 1. The van der Waals surface area contributed by atoms with Gasteiger partial charge in [-0.25, -0.2) is 19.9 Å². The lowest BCUT2D eigenvalue weighted by Crippen LogP contribution is -2.03. The van der Waals surface area contributed by atoms with Gasteiger partial charge >= 0.3 is 0 Å². The first kappa shape index (κ1) is 17.1. The molecule has 0 saturated heterocycles. The van der Waals surface area contributed by atoms with Gasteiger partial charge in [-0.3, -0.25) is 0 Å². The van der Waals surface area contributed by atoms with E-state index < -0.39 is 0 Å².